The summed E-state index contributed by atoms with van der Waals surface area (Å²) in [6.07, 6.45) is 3.37. The number of aromatic nitrogens is 1. The van der Waals surface area contributed by atoms with Crippen molar-refractivity contribution in [3.63, 3.8) is 0 Å². The van der Waals surface area contributed by atoms with Gasteiger partial charge < -0.3 is 16.0 Å². The van der Waals surface area contributed by atoms with Crippen LogP contribution in [0.15, 0.2) is 28.6 Å². The number of aliphatic imine (C=N–C) groups is 1. The summed E-state index contributed by atoms with van der Waals surface area (Å²) in [5.74, 6) is 0.454. The molecule has 1 saturated heterocycles. The summed E-state index contributed by atoms with van der Waals surface area (Å²) in [6.45, 7) is 7.07. The SMILES string of the molecule is Cc1cc(C)cc(NC(N)=NCCc2csc(N3CCCC3)n2)c1. The van der Waals surface area contributed by atoms with Gasteiger partial charge in [0.25, 0.3) is 0 Å². The molecule has 0 amide bonds. The Hall–Kier alpha value is -2.08. The second kappa shape index (κ2) is 7.66. The molecule has 2 heterocycles. The summed E-state index contributed by atoms with van der Waals surface area (Å²) in [5, 5.41) is 6.44. The van der Waals surface area contributed by atoms with Gasteiger partial charge in [0.2, 0.25) is 0 Å². The van der Waals surface area contributed by atoms with Gasteiger partial charge in [0.15, 0.2) is 11.1 Å². The van der Waals surface area contributed by atoms with Crippen LogP contribution in [0.2, 0.25) is 0 Å². The quantitative estimate of drug-likeness (QED) is 0.645. The van der Waals surface area contributed by atoms with Crippen molar-refractivity contribution in [1.29, 1.82) is 0 Å². The van der Waals surface area contributed by atoms with E-state index in [9.17, 15) is 0 Å². The zero-order valence-corrected chi connectivity index (χ0v) is 15.2. The third-order valence-corrected chi connectivity index (χ3v) is 5.01. The molecule has 0 atom stereocenters. The lowest BCUT2D eigenvalue weighted by molar-refractivity contribution is 0.907. The molecule has 0 spiro atoms. The molecule has 0 bridgehead atoms. The summed E-state index contributed by atoms with van der Waals surface area (Å²) in [7, 11) is 0. The lowest BCUT2D eigenvalue weighted by atomic mass is 10.1. The largest absolute Gasteiger partial charge is 0.370 e. The van der Waals surface area contributed by atoms with Crippen LogP contribution in [-0.2, 0) is 6.42 Å². The van der Waals surface area contributed by atoms with Gasteiger partial charge >= 0.3 is 0 Å². The summed E-state index contributed by atoms with van der Waals surface area (Å²) >= 11 is 1.73. The van der Waals surface area contributed by atoms with Gasteiger partial charge in [0, 0.05) is 37.1 Å². The molecule has 3 rings (SSSR count). The van der Waals surface area contributed by atoms with Gasteiger partial charge in [-0.1, -0.05) is 6.07 Å². The second-order valence-electron chi connectivity index (χ2n) is 6.33. The van der Waals surface area contributed by atoms with Crippen LogP contribution in [0.4, 0.5) is 10.8 Å². The van der Waals surface area contributed by atoms with Crippen molar-refractivity contribution in [3.05, 3.63) is 40.4 Å². The van der Waals surface area contributed by atoms with Crippen molar-refractivity contribution in [2.75, 3.05) is 29.9 Å². The molecule has 0 saturated carbocycles. The lowest BCUT2D eigenvalue weighted by Crippen LogP contribution is -2.23. The van der Waals surface area contributed by atoms with Gasteiger partial charge in [-0.3, -0.25) is 4.99 Å². The minimum atomic E-state index is 0.454. The number of anilines is 2. The molecule has 5 nitrogen and oxygen atoms in total. The summed E-state index contributed by atoms with van der Waals surface area (Å²) in [5.41, 5.74) is 10.5. The van der Waals surface area contributed by atoms with E-state index in [2.05, 4.69) is 52.6 Å². The van der Waals surface area contributed by atoms with E-state index in [1.807, 2.05) is 0 Å². The molecule has 0 radical (unpaired) electrons. The Labute approximate surface area is 147 Å². The van der Waals surface area contributed by atoms with Gasteiger partial charge in [-0.15, -0.1) is 11.3 Å². The molecule has 128 valence electrons. The molecule has 24 heavy (non-hydrogen) atoms. The summed E-state index contributed by atoms with van der Waals surface area (Å²) in [6, 6.07) is 6.27. The van der Waals surface area contributed by atoms with E-state index in [0.29, 0.717) is 12.5 Å². The summed E-state index contributed by atoms with van der Waals surface area (Å²) in [4.78, 5) is 11.5. The van der Waals surface area contributed by atoms with Crippen molar-refractivity contribution < 1.29 is 0 Å². The molecule has 3 N–H and O–H groups in total. The van der Waals surface area contributed by atoms with E-state index in [4.69, 9.17) is 10.7 Å². The first-order valence-electron chi connectivity index (χ1n) is 8.45. The maximum atomic E-state index is 5.99. The number of nitrogens with one attached hydrogen (secondary N) is 1. The third-order valence-electron chi connectivity index (χ3n) is 4.06. The third kappa shape index (κ3) is 4.47. The molecular formula is C18H25N5S. The van der Waals surface area contributed by atoms with Crippen LogP contribution >= 0.6 is 11.3 Å². The normalized spacial score (nSPS) is 15.1. The Morgan fingerprint density at radius 2 is 1.96 bits per heavy atom. The van der Waals surface area contributed by atoms with Crippen molar-refractivity contribution in [3.8, 4) is 0 Å². The number of benzene rings is 1. The minimum Gasteiger partial charge on any atom is -0.370 e. The average Bonchev–Trinajstić information content (AvgIpc) is 3.17. The standard InChI is InChI=1S/C18H25N5S/c1-13-9-14(2)11-16(10-13)21-17(19)20-6-5-15-12-24-18(22-15)23-7-3-4-8-23/h9-12H,3-8H2,1-2H3,(H3,19,20,21). The van der Waals surface area contributed by atoms with Crippen molar-refractivity contribution in [2.24, 2.45) is 10.7 Å². The highest BCUT2D eigenvalue weighted by atomic mass is 32.1. The average molecular weight is 344 g/mol. The maximum absolute atomic E-state index is 5.99. The van der Waals surface area contributed by atoms with Crippen molar-refractivity contribution in [1.82, 2.24) is 4.98 Å². The van der Waals surface area contributed by atoms with Crippen LogP contribution in [0.3, 0.4) is 0 Å². The van der Waals surface area contributed by atoms with Crippen LogP contribution in [-0.4, -0.2) is 30.6 Å². The second-order valence-corrected chi connectivity index (χ2v) is 7.17. The predicted octanol–water partition coefficient (Wildman–Crippen LogP) is 3.33. The zero-order chi connectivity index (χ0) is 16.9. The molecule has 0 aliphatic carbocycles. The van der Waals surface area contributed by atoms with E-state index in [0.717, 1.165) is 36.0 Å². The van der Waals surface area contributed by atoms with E-state index < -0.39 is 0 Å². The molecule has 1 fully saturated rings. The molecular weight excluding hydrogens is 318 g/mol. The zero-order valence-electron chi connectivity index (χ0n) is 14.4. The number of aryl methyl sites for hydroxylation is 2. The summed E-state index contributed by atoms with van der Waals surface area (Å²) < 4.78 is 0. The number of nitrogens with two attached hydrogens (primary N) is 1. The molecule has 1 aliphatic rings. The van der Waals surface area contributed by atoms with Crippen LogP contribution in [0.5, 0.6) is 0 Å². The van der Waals surface area contributed by atoms with E-state index >= 15 is 0 Å². The first-order valence-corrected chi connectivity index (χ1v) is 9.33. The number of guanidine groups is 1. The molecule has 1 aliphatic heterocycles. The van der Waals surface area contributed by atoms with Crippen LogP contribution in [0, 0.1) is 13.8 Å². The lowest BCUT2D eigenvalue weighted by Gasteiger charge is -2.12. The van der Waals surface area contributed by atoms with Crippen molar-refractivity contribution in [2.45, 2.75) is 33.1 Å². The van der Waals surface area contributed by atoms with Gasteiger partial charge in [-0.2, -0.15) is 0 Å². The number of hydrogen-bond acceptors (Lipinski definition) is 4. The Kier molecular flexibility index (Phi) is 5.35. The fraction of sp³-hybridized carbons (Fsp3) is 0.444. The smallest absolute Gasteiger partial charge is 0.193 e. The topological polar surface area (TPSA) is 66.5 Å². The molecule has 1 aromatic heterocycles. The van der Waals surface area contributed by atoms with Crippen LogP contribution in [0.1, 0.15) is 29.7 Å². The van der Waals surface area contributed by atoms with Gasteiger partial charge in [-0.25, -0.2) is 4.98 Å². The highest BCUT2D eigenvalue weighted by Crippen LogP contribution is 2.24. The monoisotopic (exact) mass is 343 g/mol. The number of thiazole rings is 1. The number of hydrogen-bond donors (Lipinski definition) is 2. The first-order chi connectivity index (χ1) is 11.6. The van der Waals surface area contributed by atoms with Crippen LogP contribution in [0.25, 0.3) is 0 Å². The highest BCUT2D eigenvalue weighted by molar-refractivity contribution is 7.13. The molecule has 6 heteroatoms. The predicted molar refractivity (Wildman–Crippen MR) is 103 cm³/mol. The molecule has 1 aromatic carbocycles. The fourth-order valence-electron chi connectivity index (χ4n) is 2.99. The number of rotatable bonds is 5. The van der Waals surface area contributed by atoms with Gasteiger partial charge in [0.1, 0.15) is 0 Å². The van der Waals surface area contributed by atoms with Crippen LogP contribution < -0.4 is 16.0 Å². The Bertz CT molecular complexity index is 696. The molecule has 2 aromatic rings. The van der Waals surface area contributed by atoms with Gasteiger partial charge in [0.05, 0.1) is 5.69 Å². The number of nitrogens with zero attached hydrogens (tertiary/aromatic N) is 3. The Balaban J connectivity index is 1.51. The Morgan fingerprint density at radius 1 is 1.25 bits per heavy atom. The van der Waals surface area contributed by atoms with E-state index in [-0.39, 0.29) is 0 Å². The van der Waals surface area contributed by atoms with Gasteiger partial charge in [-0.05, 0) is 49.9 Å². The first kappa shape index (κ1) is 16.8. The Morgan fingerprint density at radius 3 is 2.67 bits per heavy atom. The van der Waals surface area contributed by atoms with E-state index in [1.54, 1.807) is 11.3 Å². The maximum Gasteiger partial charge on any atom is 0.193 e. The highest BCUT2D eigenvalue weighted by Gasteiger charge is 2.15. The minimum absolute atomic E-state index is 0.454. The fourth-order valence-corrected chi connectivity index (χ4v) is 3.90. The molecule has 0 unspecified atom stereocenters. The van der Waals surface area contributed by atoms with Crippen molar-refractivity contribution >= 4 is 28.1 Å². The van der Waals surface area contributed by atoms with E-state index in [1.165, 1.54) is 24.0 Å².